The first-order chi connectivity index (χ1) is 12.5. The number of halogens is 3. The van der Waals surface area contributed by atoms with Crippen LogP contribution in [0.25, 0.3) is 0 Å². The fourth-order valence-corrected chi connectivity index (χ4v) is 3.43. The zero-order valence-electron chi connectivity index (χ0n) is 13.5. The summed E-state index contributed by atoms with van der Waals surface area (Å²) in [6.45, 7) is 1.83. The number of hydrogen-bond acceptors (Lipinski definition) is 7. The minimum absolute atomic E-state index is 0.0661. The van der Waals surface area contributed by atoms with Crippen molar-refractivity contribution in [2.45, 2.75) is 13.0 Å². The number of esters is 1. The zero-order chi connectivity index (χ0) is 18.7. The van der Waals surface area contributed by atoms with Gasteiger partial charge in [-0.2, -0.15) is 0 Å². The first kappa shape index (κ1) is 18.6. The highest BCUT2D eigenvalue weighted by molar-refractivity contribution is 9.09. The quantitative estimate of drug-likeness (QED) is 0.568. The van der Waals surface area contributed by atoms with Crippen LogP contribution in [-0.4, -0.2) is 33.9 Å². The van der Waals surface area contributed by atoms with E-state index in [1.54, 1.807) is 6.92 Å². The number of alkyl halides is 1. The average molecular weight is 443 g/mol. The molecule has 1 unspecified atom stereocenters. The Kier molecular flexibility index (Phi) is 5.72. The maximum atomic E-state index is 14.4. The molecular formula is C16H13BrF2N4O2S. The van der Waals surface area contributed by atoms with Crippen LogP contribution in [0, 0.1) is 11.6 Å². The molecule has 3 rings (SSSR count). The molecule has 1 aliphatic heterocycles. The van der Waals surface area contributed by atoms with Crippen LogP contribution in [-0.2, 0) is 9.53 Å². The number of carbonyl (C=O) groups is 1. The number of hydrogen-bond donors (Lipinski definition) is 1. The number of nitrogens with one attached hydrogen (secondary N) is 1. The molecule has 2 heterocycles. The van der Waals surface area contributed by atoms with Crippen LogP contribution in [0.5, 0.6) is 0 Å². The summed E-state index contributed by atoms with van der Waals surface area (Å²) in [5, 5.41) is 11.5. The number of carbonyl (C=O) groups excluding carboxylic acids is 1. The van der Waals surface area contributed by atoms with Crippen LogP contribution in [0.1, 0.15) is 23.5 Å². The smallest absolute Gasteiger partial charge is 0.338 e. The van der Waals surface area contributed by atoms with Gasteiger partial charge in [0.1, 0.15) is 23.2 Å². The molecule has 1 aliphatic rings. The van der Waals surface area contributed by atoms with E-state index in [0.717, 1.165) is 12.1 Å². The Bertz CT molecular complexity index is 886. The summed E-state index contributed by atoms with van der Waals surface area (Å²) in [6, 6.07) is 2.15. The molecule has 1 aromatic heterocycles. The lowest BCUT2D eigenvalue weighted by Crippen LogP contribution is -2.34. The van der Waals surface area contributed by atoms with Gasteiger partial charge in [-0.05, 0) is 13.0 Å². The Balaban J connectivity index is 2.15. The summed E-state index contributed by atoms with van der Waals surface area (Å²) >= 11 is 4.56. The summed E-state index contributed by atoms with van der Waals surface area (Å²) < 4.78 is 32.8. The maximum absolute atomic E-state index is 14.4. The fraction of sp³-hybridized carbons (Fsp3) is 0.250. The van der Waals surface area contributed by atoms with Gasteiger partial charge in [0.15, 0.2) is 10.8 Å². The predicted octanol–water partition coefficient (Wildman–Crippen LogP) is 3.12. The van der Waals surface area contributed by atoms with Crippen molar-refractivity contribution in [2.24, 2.45) is 4.99 Å². The van der Waals surface area contributed by atoms with Gasteiger partial charge in [-0.15, -0.1) is 10.2 Å². The molecule has 0 radical (unpaired) electrons. The number of aliphatic imine (C=N–C) groups is 1. The minimum atomic E-state index is -0.998. The summed E-state index contributed by atoms with van der Waals surface area (Å²) in [4.78, 5) is 16.9. The van der Waals surface area contributed by atoms with Crippen molar-refractivity contribution < 1.29 is 18.3 Å². The van der Waals surface area contributed by atoms with Crippen LogP contribution < -0.4 is 5.32 Å². The molecule has 0 amide bonds. The molecular weight excluding hydrogens is 430 g/mol. The third-order valence-electron chi connectivity index (χ3n) is 3.57. The van der Waals surface area contributed by atoms with Crippen LogP contribution in [0.3, 0.4) is 0 Å². The molecule has 6 nitrogen and oxygen atoms in total. The van der Waals surface area contributed by atoms with Crippen LogP contribution in [0.15, 0.2) is 40.0 Å². The van der Waals surface area contributed by atoms with Gasteiger partial charge >= 0.3 is 5.97 Å². The van der Waals surface area contributed by atoms with Crippen molar-refractivity contribution >= 4 is 39.1 Å². The summed E-state index contributed by atoms with van der Waals surface area (Å²) in [6.07, 6.45) is 0. The van der Waals surface area contributed by atoms with Crippen molar-refractivity contribution in [3.63, 3.8) is 0 Å². The number of allylic oxidation sites excluding steroid dienone is 1. The lowest BCUT2D eigenvalue weighted by molar-refractivity contribution is -0.138. The van der Waals surface area contributed by atoms with Gasteiger partial charge in [-0.1, -0.05) is 33.3 Å². The largest absolute Gasteiger partial charge is 0.463 e. The van der Waals surface area contributed by atoms with Gasteiger partial charge in [0.25, 0.3) is 0 Å². The zero-order valence-corrected chi connectivity index (χ0v) is 15.9. The molecule has 0 bridgehead atoms. The Hall–Kier alpha value is -2.20. The van der Waals surface area contributed by atoms with E-state index in [2.05, 4.69) is 36.4 Å². The average Bonchev–Trinajstić information content (AvgIpc) is 3.15. The second-order valence-corrected chi connectivity index (χ2v) is 6.56. The molecule has 0 spiro atoms. The number of amidine groups is 1. The van der Waals surface area contributed by atoms with Gasteiger partial charge in [0.05, 0.1) is 12.2 Å². The molecule has 0 saturated carbocycles. The number of aromatic nitrogens is 2. The normalized spacial score (nSPS) is 16.9. The highest BCUT2D eigenvalue weighted by atomic mass is 79.9. The van der Waals surface area contributed by atoms with E-state index in [-0.39, 0.29) is 23.1 Å². The molecule has 10 heteroatoms. The van der Waals surface area contributed by atoms with Gasteiger partial charge < -0.3 is 10.1 Å². The number of nitrogens with zero attached hydrogens (tertiary/aromatic N) is 3. The lowest BCUT2D eigenvalue weighted by Gasteiger charge is -2.26. The molecule has 0 saturated heterocycles. The van der Waals surface area contributed by atoms with Gasteiger partial charge in [0, 0.05) is 22.7 Å². The van der Waals surface area contributed by atoms with E-state index in [9.17, 15) is 13.6 Å². The molecule has 2 aromatic rings. The number of rotatable bonds is 5. The minimum Gasteiger partial charge on any atom is -0.463 e. The van der Waals surface area contributed by atoms with Crippen LogP contribution in [0.2, 0.25) is 0 Å². The lowest BCUT2D eigenvalue weighted by atomic mass is 9.95. The van der Waals surface area contributed by atoms with Gasteiger partial charge in [-0.3, -0.25) is 4.99 Å². The Morgan fingerprint density at radius 2 is 2.23 bits per heavy atom. The Morgan fingerprint density at radius 3 is 2.85 bits per heavy atom. The predicted molar refractivity (Wildman–Crippen MR) is 96.1 cm³/mol. The molecule has 26 heavy (non-hydrogen) atoms. The molecule has 1 N–H and O–H groups in total. The van der Waals surface area contributed by atoms with Crippen molar-refractivity contribution in [3.8, 4) is 0 Å². The highest BCUT2D eigenvalue weighted by Crippen LogP contribution is 2.34. The topological polar surface area (TPSA) is 76.5 Å². The maximum Gasteiger partial charge on any atom is 0.338 e. The van der Waals surface area contributed by atoms with E-state index in [0.29, 0.717) is 16.5 Å². The number of benzene rings is 1. The van der Waals surface area contributed by atoms with Gasteiger partial charge in [-0.25, -0.2) is 13.6 Å². The highest BCUT2D eigenvalue weighted by Gasteiger charge is 2.34. The Labute approximate surface area is 160 Å². The van der Waals surface area contributed by atoms with Crippen molar-refractivity contribution in [1.82, 2.24) is 15.5 Å². The van der Waals surface area contributed by atoms with Crippen LogP contribution >= 0.6 is 27.3 Å². The molecule has 1 aromatic carbocycles. The summed E-state index contributed by atoms with van der Waals surface area (Å²) in [5.41, 5.74) is 2.22. The van der Waals surface area contributed by atoms with Crippen molar-refractivity contribution in [2.75, 3.05) is 11.9 Å². The third kappa shape index (κ3) is 3.65. The van der Waals surface area contributed by atoms with E-state index < -0.39 is 23.6 Å². The molecule has 136 valence electrons. The first-order valence-corrected chi connectivity index (χ1v) is 9.57. The van der Waals surface area contributed by atoms with Gasteiger partial charge in [0.2, 0.25) is 0 Å². The monoisotopic (exact) mass is 442 g/mol. The Morgan fingerprint density at radius 1 is 1.42 bits per heavy atom. The summed E-state index contributed by atoms with van der Waals surface area (Å²) in [5.74, 6) is -1.78. The second-order valence-electron chi connectivity index (χ2n) is 5.16. The first-order valence-electron chi connectivity index (χ1n) is 7.57. The SMILES string of the molecule is CCOC(=O)C1=C(CBr)NC(c2nncs2)=NC1c1ccc(F)cc1F. The second kappa shape index (κ2) is 8.00. The fourth-order valence-electron chi connectivity index (χ4n) is 2.48. The number of ether oxygens (including phenoxy) is 1. The molecule has 0 fully saturated rings. The van der Waals surface area contributed by atoms with E-state index in [1.165, 1.54) is 22.9 Å². The third-order valence-corrected chi connectivity index (χ3v) is 4.83. The summed E-state index contributed by atoms with van der Waals surface area (Å²) in [7, 11) is 0. The van der Waals surface area contributed by atoms with Crippen LogP contribution in [0.4, 0.5) is 8.78 Å². The van der Waals surface area contributed by atoms with E-state index in [4.69, 9.17) is 4.74 Å². The van der Waals surface area contributed by atoms with Crippen molar-refractivity contribution in [1.29, 1.82) is 0 Å². The van der Waals surface area contributed by atoms with E-state index >= 15 is 0 Å². The molecule has 0 aliphatic carbocycles. The standard InChI is InChI=1S/C16H13BrF2N4O2S/c1-2-25-16(24)12-11(6-17)21-14(15-23-20-7-26-15)22-13(12)9-4-3-8(18)5-10(9)19/h3-5,7,13H,2,6H2,1H3,(H,21,22). The molecule has 1 atom stereocenters. The van der Waals surface area contributed by atoms with Crippen molar-refractivity contribution in [3.05, 3.63) is 57.2 Å². The van der Waals surface area contributed by atoms with E-state index in [1.807, 2.05) is 0 Å².